The Morgan fingerprint density at radius 1 is 0.897 bits per heavy atom. The van der Waals surface area contributed by atoms with Crippen LogP contribution in [0.2, 0.25) is 0 Å². The average Bonchev–Trinajstić information content (AvgIpc) is 2.69. The van der Waals surface area contributed by atoms with E-state index >= 15 is 0 Å². The first-order chi connectivity index (χ1) is 13.8. The number of hydrogen-bond acceptors (Lipinski definition) is 6. The fourth-order valence-corrected chi connectivity index (χ4v) is 3.37. The molecule has 0 saturated carbocycles. The maximum absolute atomic E-state index is 12.2. The van der Waals surface area contributed by atoms with Gasteiger partial charge in [-0.3, -0.25) is 9.59 Å². The molecule has 6 heteroatoms. The van der Waals surface area contributed by atoms with Crippen LogP contribution in [0.3, 0.4) is 0 Å². The van der Waals surface area contributed by atoms with Crippen LogP contribution in [-0.4, -0.2) is 16.2 Å². The Morgan fingerprint density at radius 2 is 1.45 bits per heavy atom. The van der Waals surface area contributed by atoms with Crippen LogP contribution in [0.4, 0.5) is 0 Å². The zero-order valence-corrected chi connectivity index (χ0v) is 17.8. The van der Waals surface area contributed by atoms with Crippen molar-refractivity contribution in [3.8, 4) is 5.75 Å². The standard InChI is InChI=1S/C23H20O4S2/c1-5-22(25)28-19-12-8-18(9-13-19)27-21(24)14-16(4)17-6-10-20(11-7-17)29-23(26)15(2)3/h5-14H,1-2H2,3-4H3/b16-14+. The molecule has 0 N–H and O–H groups in total. The van der Waals surface area contributed by atoms with Gasteiger partial charge in [0.25, 0.3) is 0 Å². The third kappa shape index (κ3) is 7.25. The van der Waals surface area contributed by atoms with Gasteiger partial charge in [-0.1, -0.05) is 25.3 Å². The van der Waals surface area contributed by atoms with Crippen LogP contribution in [0.1, 0.15) is 19.4 Å². The molecule has 0 atom stereocenters. The van der Waals surface area contributed by atoms with Crippen LogP contribution in [0.5, 0.6) is 5.75 Å². The first-order valence-corrected chi connectivity index (χ1v) is 10.2. The minimum Gasteiger partial charge on any atom is -0.423 e. The summed E-state index contributed by atoms with van der Waals surface area (Å²) in [6.07, 6.45) is 2.65. The van der Waals surface area contributed by atoms with E-state index in [1.54, 1.807) is 31.2 Å². The summed E-state index contributed by atoms with van der Waals surface area (Å²) in [6, 6.07) is 14.0. The van der Waals surface area contributed by atoms with Crippen molar-refractivity contribution < 1.29 is 19.1 Å². The Hall–Kier alpha value is -2.83. The molecule has 0 spiro atoms. The Kier molecular flexibility index (Phi) is 8.24. The van der Waals surface area contributed by atoms with Crippen molar-refractivity contribution in [3.05, 3.63) is 85.0 Å². The third-order valence-electron chi connectivity index (χ3n) is 3.63. The van der Waals surface area contributed by atoms with E-state index in [2.05, 4.69) is 13.2 Å². The quantitative estimate of drug-likeness (QED) is 0.246. The lowest BCUT2D eigenvalue weighted by Crippen LogP contribution is -2.04. The van der Waals surface area contributed by atoms with Gasteiger partial charge in [0.15, 0.2) is 0 Å². The van der Waals surface area contributed by atoms with Gasteiger partial charge in [0.2, 0.25) is 10.2 Å². The van der Waals surface area contributed by atoms with E-state index in [4.69, 9.17) is 4.74 Å². The second-order valence-electron chi connectivity index (χ2n) is 6.04. The van der Waals surface area contributed by atoms with Gasteiger partial charge in [-0.15, -0.1) is 0 Å². The predicted octanol–water partition coefficient (Wildman–Crippen LogP) is 5.70. The number of carbonyl (C=O) groups excluding carboxylic acids is 3. The first-order valence-electron chi connectivity index (χ1n) is 8.61. The number of allylic oxidation sites excluding steroid dienone is 1. The minimum atomic E-state index is -0.499. The maximum atomic E-state index is 12.2. The summed E-state index contributed by atoms with van der Waals surface area (Å²) in [6.45, 7) is 10.5. The second-order valence-corrected chi connectivity index (χ2v) is 8.16. The average molecular weight is 425 g/mol. The number of esters is 1. The summed E-state index contributed by atoms with van der Waals surface area (Å²) >= 11 is 2.16. The van der Waals surface area contributed by atoms with Crippen molar-refractivity contribution in [2.75, 3.05) is 0 Å². The highest BCUT2D eigenvalue weighted by molar-refractivity contribution is 8.14. The number of hydrogen-bond donors (Lipinski definition) is 0. The molecule has 0 amide bonds. The Morgan fingerprint density at radius 3 is 2.00 bits per heavy atom. The molecule has 0 heterocycles. The normalized spacial score (nSPS) is 10.9. The zero-order chi connectivity index (χ0) is 21.4. The van der Waals surface area contributed by atoms with Gasteiger partial charge in [-0.2, -0.15) is 0 Å². The molecule has 0 radical (unpaired) electrons. The van der Waals surface area contributed by atoms with Gasteiger partial charge < -0.3 is 4.74 Å². The highest BCUT2D eigenvalue weighted by Gasteiger charge is 2.08. The first kappa shape index (κ1) is 22.5. The molecule has 0 fully saturated rings. The molecule has 0 bridgehead atoms. The van der Waals surface area contributed by atoms with Gasteiger partial charge in [0.1, 0.15) is 5.75 Å². The smallest absolute Gasteiger partial charge is 0.336 e. The SMILES string of the molecule is C=CC(=O)Sc1ccc(OC(=O)/C=C(\C)c2ccc(SC(=O)C(=C)C)cc2)cc1. The second kappa shape index (κ2) is 10.6. The summed E-state index contributed by atoms with van der Waals surface area (Å²) in [5.74, 6) is -0.111. The molecule has 0 aliphatic rings. The molecule has 0 aliphatic carbocycles. The van der Waals surface area contributed by atoms with Gasteiger partial charge >= 0.3 is 5.97 Å². The summed E-state index contributed by atoms with van der Waals surface area (Å²) in [4.78, 5) is 36.8. The van der Waals surface area contributed by atoms with Crippen molar-refractivity contribution in [2.24, 2.45) is 0 Å². The maximum Gasteiger partial charge on any atom is 0.336 e. The van der Waals surface area contributed by atoms with Crippen molar-refractivity contribution in [3.63, 3.8) is 0 Å². The molecule has 0 aliphatic heterocycles. The van der Waals surface area contributed by atoms with E-state index in [0.717, 1.165) is 44.5 Å². The lowest BCUT2D eigenvalue weighted by atomic mass is 10.1. The fourth-order valence-electron chi connectivity index (χ4n) is 2.12. The lowest BCUT2D eigenvalue weighted by molar-refractivity contribution is -0.129. The van der Waals surface area contributed by atoms with Crippen molar-refractivity contribution in [2.45, 2.75) is 23.6 Å². The Balaban J connectivity index is 1.99. The largest absolute Gasteiger partial charge is 0.423 e. The van der Waals surface area contributed by atoms with E-state index in [-0.39, 0.29) is 10.2 Å². The molecular weight excluding hydrogens is 404 g/mol. The molecule has 0 saturated heterocycles. The van der Waals surface area contributed by atoms with E-state index in [9.17, 15) is 14.4 Å². The van der Waals surface area contributed by atoms with Gasteiger partial charge in [-0.05, 0) is 96.6 Å². The van der Waals surface area contributed by atoms with Crippen molar-refractivity contribution in [1.29, 1.82) is 0 Å². The predicted molar refractivity (Wildman–Crippen MR) is 119 cm³/mol. The van der Waals surface area contributed by atoms with Crippen LogP contribution >= 0.6 is 23.5 Å². The third-order valence-corrected chi connectivity index (χ3v) is 5.55. The van der Waals surface area contributed by atoms with Crippen LogP contribution in [-0.2, 0) is 14.4 Å². The summed E-state index contributed by atoms with van der Waals surface area (Å²) in [7, 11) is 0. The fraction of sp³-hybridized carbons (Fsp3) is 0.0870. The summed E-state index contributed by atoms with van der Waals surface area (Å²) in [5, 5.41) is -0.228. The van der Waals surface area contributed by atoms with E-state index in [1.807, 2.05) is 31.2 Å². The lowest BCUT2D eigenvalue weighted by Gasteiger charge is -2.06. The number of carbonyl (C=O) groups is 3. The zero-order valence-electron chi connectivity index (χ0n) is 16.1. The molecule has 2 aromatic rings. The minimum absolute atomic E-state index is 0.0770. The molecule has 148 valence electrons. The topological polar surface area (TPSA) is 60.4 Å². The highest BCUT2D eigenvalue weighted by Crippen LogP contribution is 2.25. The van der Waals surface area contributed by atoms with Gasteiger partial charge in [0.05, 0.1) is 0 Å². The van der Waals surface area contributed by atoms with Crippen LogP contribution < -0.4 is 4.74 Å². The monoisotopic (exact) mass is 424 g/mol. The van der Waals surface area contributed by atoms with E-state index in [1.165, 1.54) is 12.2 Å². The highest BCUT2D eigenvalue weighted by atomic mass is 32.2. The Labute approximate surface area is 178 Å². The number of rotatable bonds is 7. The van der Waals surface area contributed by atoms with Crippen LogP contribution in [0.25, 0.3) is 5.57 Å². The van der Waals surface area contributed by atoms with E-state index < -0.39 is 5.97 Å². The molecule has 2 rings (SSSR count). The van der Waals surface area contributed by atoms with Gasteiger partial charge in [-0.25, -0.2) is 4.79 Å². The number of thioether (sulfide) groups is 2. The molecular formula is C23H20O4S2. The Bertz CT molecular complexity index is 971. The number of ether oxygens (including phenoxy) is 1. The van der Waals surface area contributed by atoms with Gasteiger partial charge in [0, 0.05) is 15.9 Å². The summed E-state index contributed by atoms with van der Waals surface area (Å²) < 4.78 is 5.31. The van der Waals surface area contributed by atoms with Crippen LogP contribution in [0.15, 0.2) is 89.2 Å². The number of benzene rings is 2. The molecule has 0 unspecified atom stereocenters. The van der Waals surface area contributed by atoms with Crippen LogP contribution in [0, 0.1) is 0 Å². The molecule has 29 heavy (non-hydrogen) atoms. The molecule has 4 nitrogen and oxygen atoms in total. The summed E-state index contributed by atoms with van der Waals surface area (Å²) in [5.41, 5.74) is 2.09. The van der Waals surface area contributed by atoms with Crippen molar-refractivity contribution >= 4 is 45.3 Å². The van der Waals surface area contributed by atoms with E-state index in [0.29, 0.717) is 11.3 Å². The molecule has 2 aromatic carbocycles. The molecule has 0 aromatic heterocycles. The van der Waals surface area contributed by atoms with Crippen molar-refractivity contribution in [1.82, 2.24) is 0 Å².